The lowest BCUT2D eigenvalue weighted by atomic mass is 9.96. The molecule has 0 unspecified atom stereocenters. The Labute approximate surface area is 392 Å². The standard InChI is InChI=1S/C29H37NO5.3C7H4O4/c1-3-5-7-9-11-13-34-26-17-21-20(19-30)15-24-22(16-25(31)29(33)28(24)32)23(21)18-27(26)35-14-12-10-8-6-4-2;3*8-6-4-2-1-3-5-7(9,10)11/h15-18,31-33H,3-14H2,1-2H3;3*8-11H. The van der Waals surface area contributed by atoms with E-state index in [1.807, 2.05) is 83.2 Å². The topological polar surface area (TPSA) is 346 Å². The van der Waals surface area contributed by atoms with Crippen LogP contribution in [-0.2, 0) is 0 Å². The smallest absolute Gasteiger partial charge is 0.346 e. The van der Waals surface area contributed by atoms with Crippen LogP contribution in [-0.4, -0.2) is 108 Å². The molecule has 3 rings (SSSR count). The number of phenolic OH excluding ortho intramolecular Hbond substituents is 3. The fraction of sp³-hybridized carbons (Fsp3) is 0.340. The highest BCUT2D eigenvalue weighted by molar-refractivity contribution is 6.13. The number of fused-ring (bicyclic) bond motifs is 3. The number of ether oxygens (including phenoxy) is 2. The van der Waals surface area contributed by atoms with Crippen molar-refractivity contribution in [3.8, 4) is 142 Å². The highest BCUT2D eigenvalue weighted by Crippen LogP contribution is 2.46. The van der Waals surface area contributed by atoms with Crippen molar-refractivity contribution in [2.45, 2.75) is 96.0 Å². The molecule has 0 radical (unpaired) electrons. The normalized spacial score (nSPS) is 9.38. The van der Waals surface area contributed by atoms with Crippen molar-refractivity contribution in [3.05, 3.63) is 29.8 Å². The van der Waals surface area contributed by atoms with Crippen LogP contribution >= 0.6 is 0 Å². The zero-order chi connectivity index (χ0) is 51.4. The molecular formula is C50H49NO17. The van der Waals surface area contributed by atoms with Gasteiger partial charge in [-0.1, -0.05) is 65.2 Å². The van der Waals surface area contributed by atoms with Crippen LogP contribution < -0.4 is 9.47 Å². The number of aliphatic hydroxyl groups is 12. The maximum Gasteiger partial charge on any atom is 0.346 e. The molecule has 68 heavy (non-hydrogen) atoms. The predicted molar refractivity (Wildman–Crippen MR) is 244 cm³/mol. The van der Waals surface area contributed by atoms with Gasteiger partial charge in [0, 0.05) is 64.1 Å². The number of nitrogens with zero attached hydrogens (tertiary/aromatic N) is 1. The third kappa shape index (κ3) is 27.8. The van der Waals surface area contributed by atoms with Crippen molar-refractivity contribution in [1.29, 1.82) is 5.26 Å². The molecule has 0 aromatic heterocycles. The highest BCUT2D eigenvalue weighted by atomic mass is 16.7. The number of aromatic hydroxyl groups is 3. The number of benzene rings is 3. The number of unbranched alkanes of at least 4 members (excludes halogenated alkanes) is 8. The molecule has 0 aliphatic rings. The minimum atomic E-state index is -3.03. The highest BCUT2D eigenvalue weighted by Gasteiger charge is 2.19. The fourth-order valence-corrected chi connectivity index (χ4v) is 4.97. The number of phenols is 3. The van der Waals surface area contributed by atoms with Crippen LogP contribution in [0.4, 0.5) is 0 Å². The molecule has 0 aliphatic heterocycles. The molecule has 0 saturated carbocycles. The summed E-state index contributed by atoms with van der Waals surface area (Å²) in [5.74, 6) is 18.9. The second kappa shape index (κ2) is 33.3. The fourth-order valence-electron chi connectivity index (χ4n) is 4.97. The summed E-state index contributed by atoms with van der Waals surface area (Å²) in [6.07, 6.45) is 15.7. The first-order valence-corrected chi connectivity index (χ1v) is 20.0. The summed E-state index contributed by atoms with van der Waals surface area (Å²) < 4.78 is 12.3. The number of hydrogen-bond donors (Lipinski definition) is 15. The van der Waals surface area contributed by atoms with E-state index in [-0.39, 0.29) is 0 Å². The quantitative estimate of drug-likeness (QED) is 0.0358. The Hall–Kier alpha value is -8.25. The van der Waals surface area contributed by atoms with E-state index < -0.39 is 35.2 Å². The largest absolute Gasteiger partial charge is 0.504 e. The van der Waals surface area contributed by atoms with Gasteiger partial charge < -0.3 is 86.1 Å². The maximum absolute atomic E-state index is 10.4. The van der Waals surface area contributed by atoms with Gasteiger partial charge in [0.05, 0.1) is 24.8 Å². The molecule has 0 heterocycles. The predicted octanol–water partition coefficient (Wildman–Crippen LogP) is 1.55. The van der Waals surface area contributed by atoms with Crippen molar-refractivity contribution < 1.29 is 86.1 Å². The van der Waals surface area contributed by atoms with E-state index in [0.717, 1.165) is 25.7 Å². The Morgan fingerprint density at radius 3 is 1.13 bits per heavy atom. The third-order valence-electron chi connectivity index (χ3n) is 7.80. The Balaban J connectivity index is 0.00000110. The Kier molecular flexibility index (Phi) is 29.2. The van der Waals surface area contributed by atoms with Crippen molar-refractivity contribution in [2.75, 3.05) is 13.2 Å². The van der Waals surface area contributed by atoms with Crippen LogP contribution in [0.1, 0.15) is 83.6 Å². The van der Waals surface area contributed by atoms with Gasteiger partial charge in [-0.2, -0.15) is 5.26 Å². The zero-order valence-electron chi connectivity index (χ0n) is 36.8. The Morgan fingerprint density at radius 1 is 0.426 bits per heavy atom. The first kappa shape index (κ1) is 59.8. The molecule has 0 fully saturated rings. The van der Waals surface area contributed by atoms with Crippen LogP contribution in [0.3, 0.4) is 0 Å². The summed E-state index contributed by atoms with van der Waals surface area (Å²) in [6, 6.07) is 8.73. The van der Waals surface area contributed by atoms with Gasteiger partial charge in [-0.25, -0.2) is 0 Å². The van der Waals surface area contributed by atoms with Gasteiger partial charge in [0.2, 0.25) is 5.75 Å². The lowest BCUT2D eigenvalue weighted by Gasteiger charge is -2.16. The number of hydrogen-bond acceptors (Lipinski definition) is 18. The first-order chi connectivity index (χ1) is 32.2. The van der Waals surface area contributed by atoms with Crippen molar-refractivity contribution in [1.82, 2.24) is 0 Å². The molecule has 0 bridgehead atoms. The molecule has 3 aromatic rings. The Morgan fingerprint density at radius 2 is 0.779 bits per heavy atom. The summed E-state index contributed by atoms with van der Waals surface area (Å²) in [4.78, 5) is 0. The SMILES string of the molecule is CCCCCCCOc1cc2c(C#N)cc3c(O)c(O)c(O)cc3c2cc1OCCCCCCC.OC#CC#CC#CC(O)(O)O.OC#CC#CC#CC(O)(O)O.OC#CC#CC#CC(O)(O)O. The minimum Gasteiger partial charge on any atom is -0.504 e. The van der Waals surface area contributed by atoms with E-state index in [9.17, 15) is 20.6 Å². The van der Waals surface area contributed by atoms with Gasteiger partial charge in [0.25, 0.3) is 0 Å². The van der Waals surface area contributed by atoms with Gasteiger partial charge in [0.15, 0.2) is 23.0 Å². The molecule has 18 heteroatoms. The molecular weight excluding hydrogens is 887 g/mol. The lowest BCUT2D eigenvalue weighted by Crippen LogP contribution is -2.23. The maximum atomic E-state index is 10.4. The summed E-state index contributed by atoms with van der Waals surface area (Å²) in [6.45, 7) is 5.49. The third-order valence-corrected chi connectivity index (χ3v) is 7.80. The zero-order valence-corrected chi connectivity index (χ0v) is 36.8. The van der Waals surface area contributed by atoms with E-state index >= 15 is 0 Å². The van der Waals surface area contributed by atoms with Crippen LogP contribution in [0.25, 0.3) is 21.5 Å². The average Bonchev–Trinajstić information content (AvgIpc) is 3.27. The Bertz CT molecular complexity index is 2600. The molecule has 3 aromatic carbocycles. The molecule has 18 nitrogen and oxygen atoms in total. The van der Waals surface area contributed by atoms with Gasteiger partial charge in [-0.05, 0) is 83.4 Å². The molecule has 0 atom stereocenters. The van der Waals surface area contributed by atoms with Crippen molar-refractivity contribution in [2.24, 2.45) is 0 Å². The van der Waals surface area contributed by atoms with Gasteiger partial charge >= 0.3 is 17.9 Å². The molecule has 0 saturated heterocycles. The minimum absolute atomic E-state index is 0.291. The molecule has 15 N–H and O–H groups in total. The second-order valence-electron chi connectivity index (χ2n) is 13.2. The van der Waals surface area contributed by atoms with Gasteiger partial charge in [-0.3, -0.25) is 0 Å². The van der Waals surface area contributed by atoms with Crippen LogP contribution in [0, 0.1) is 118 Å². The van der Waals surface area contributed by atoms with Crippen LogP contribution in [0.15, 0.2) is 24.3 Å². The van der Waals surface area contributed by atoms with E-state index in [1.165, 1.54) is 69.0 Å². The number of aliphatic hydroxyl groups excluding tert-OH is 3. The van der Waals surface area contributed by atoms with E-state index in [0.29, 0.717) is 51.8 Å². The summed E-state index contributed by atoms with van der Waals surface area (Å²) in [5, 5.41) is 139. The van der Waals surface area contributed by atoms with E-state index in [1.54, 1.807) is 17.8 Å². The molecule has 356 valence electrons. The first-order valence-electron chi connectivity index (χ1n) is 20.0. The van der Waals surface area contributed by atoms with E-state index in [2.05, 4.69) is 19.9 Å². The number of rotatable bonds is 14. The average molecular weight is 936 g/mol. The monoisotopic (exact) mass is 935 g/mol. The molecule has 0 amide bonds. The summed E-state index contributed by atoms with van der Waals surface area (Å²) >= 11 is 0. The molecule has 0 aliphatic carbocycles. The number of nitriles is 1. The van der Waals surface area contributed by atoms with Gasteiger partial charge in [-0.15, -0.1) is 0 Å². The summed E-state index contributed by atoms with van der Waals surface area (Å²) in [5.41, 5.74) is 0.340. The molecule has 0 spiro atoms. The van der Waals surface area contributed by atoms with E-state index in [4.69, 9.17) is 70.8 Å². The van der Waals surface area contributed by atoms with Crippen molar-refractivity contribution >= 4 is 21.5 Å². The van der Waals surface area contributed by atoms with Crippen molar-refractivity contribution in [3.63, 3.8) is 0 Å². The van der Waals surface area contributed by atoms with Gasteiger partial charge in [0.1, 0.15) is 18.3 Å². The van der Waals surface area contributed by atoms with Crippen LogP contribution in [0.5, 0.6) is 28.7 Å². The van der Waals surface area contributed by atoms with Crippen LogP contribution in [0.2, 0.25) is 0 Å². The second-order valence-corrected chi connectivity index (χ2v) is 13.2. The summed E-state index contributed by atoms with van der Waals surface area (Å²) in [7, 11) is 0. The lowest BCUT2D eigenvalue weighted by molar-refractivity contribution is -0.266.